The van der Waals surface area contributed by atoms with E-state index >= 15 is 0 Å². The van der Waals surface area contributed by atoms with E-state index in [9.17, 15) is 9.59 Å². The SMILES string of the molecule is CC(N)CCCC(C)C(=O)NCC1CCC(C(=O)O)CC1. The molecule has 1 aliphatic rings. The fourth-order valence-corrected chi connectivity index (χ4v) is 2.91. The summed E-state index contributed by atoms with van der Waals surface area (Å²) in [6, 6.07) is 0.199. The number of carbonyl (C=O) groups excluding carboxylic acids is 1. The van der Waals surface area contributed by atoms with Crippen LogP contribution in [0.4, 0.5) is 0 Å². The van der Waals surface area contributed by atoms with Crippen molar-refractivity contribution in [3.8, 4) is 0 Å². The van der Waals surface area contributed by atoms with Crippen LogP contribution in [-0.4, -0.2) is 29.6 Å². The normalized spacial score (nSPS) is 25.1. The Kier molecular flexibility index (Phi) is 7.72. The number of nitrogens with one attached hydrogen (secondary N) is 1. The van der Waals surface area contributed by atoms with Crippen molar-refractivity contribution in [2.75, 3.05) is 6.54 Å². The highest BCUT2D eigenvalue weighted by Gasteiger charge is 2.26. The van der Waals surface area contributed by atoms with E-state index in [0.717, 1.165) is 44.9 Å². The molecule has 0 aromatic heterocycles. The van der Waals surface area contributed by atoms with Gasteiger partial charge in [-0.1, -0.05) is 13.3 Å². The smallest absolute Gasteiger partial charge is 0.306 e. The Morgan fingerprint density at radius 3 is 2.33 bits per heavy atom. The summed E-state index contributed by atoms with van der Waals surface area (Å²) >= 11 is 0. The lowest BCUT2D eigenvalue weighted by Gasteiger charge is -2.26. The highest BCUT2D eigenvalue weighted by atomic mass is 16.4. The quantitative estimate of drug-likeness (QED) is 0.640. The van der Waals surface area contributed by atoms with Crippen LogP contribution in [0.15, 0.2) is 0 Å². The summed E-state index contributed by atoms with van der Waals surface area (Å²) in [6.45, 7) is 4.62. The van der Waals surface area contributed by atoms with Crippen LogP contribution in [0, 0.1) is 17.8 Å². The average Bonchev–Trinajstić information content (AvgIpc) is 2.44. The molecule has 2 atom stereocenters. The van der Waals surface area contributed by atoms with Crippen molar-refractivity contribution in [3.05, 3.63) is 0 Å². The highest BCUT2D eigenvalue weighted by Crippen LogP contribution is 2.28. The number of nitrogens with two attached hydrogens (primary N) is 1. The van der Waals surface area contributed by atoms with Gasteiger partial charge < -0.3 is 16.2 Å². The second-order valence-corrected chi connectivity index (χ2v) is 6.61. The van der Waals surface area contributed by atoms with Crippen molar-refractivity contribution in [2.45, 2.75) is 64.8 Å². The molecule has 5 nitrogen and oxygen atoms in total. The van der Waals surface area contributed by atoms with Crippen LogP contribution < -0.4 is 11.1 Å². The summed E-state index contributed by atoms with van der Waals surface area (Å²) in [7, 11) is 0. The summed E-state index contributed by atoms with van der Waals surface area (Å²) in [6.07, 6.45) is 6.08. The minimum Gasteiger partial charge on any atom is -0.481 e. The van der Waals surface area contributed by atoms with E-state index in [1.807, 2.05) is 13.8 Å². The monoisotopic (exact) mass is 298 g/mol. The second kappa shape index (κ2) is 9.03. The zero-order chi connectivity index (χ0) is 15.8. The number of rotatable bonds is 8. The molecule has 0 heterocycles. The first-order valence-electron chi connectivity index (χ1n) is 8.16. The van der Waals surface area contributed by atoms with Crippen LogP contribution >= 0.6 is 0 Å². The molecule has 0 radical (unpaired) electrons. The Labute approximate surface area is 127 Å². The molecule has 5 heteroatoms. The maximum absolute atomic E-state index is 12.0. The largest absolute Gasteiger partial charge is 0.481 e. The van der Waals surface area contributed by atoms with Crippen LogP contribution in [0.2, 0.25) is 0 Å². The third kappa shape index (κ3) is 6.93. The molecule has 1 saturated carbocycles. The molecule has 2 unspecified atom stereocenters. The zero-order valence-electron chi connectivity index (χ0n) is 13.3. The number of carbonyl (C=O) groups is 2. The van der Waals surface area contributed by atoms with Gasteiger partial charge in [-0.05, 0) is 51.4 Å². The van der Waals surface area contributed by atoms with E-state index < -0.39 is 5.97 Å². The van der Waals surface area contributed by atoms with Crippen LogP contribution in [0.3, 0.4) is 0 Å². The van der Waals surface area contributed by atoms with Crippen molar-refractivity contribution in [2.24, 2.45) is 23.5 Å². The van der Waals surface area contributed by atoms with Gasteiger partial charge in [0.1, 0.15) is 0 Å². The van der Waals surface area contributed by atoms with Crippen LogP contribution in [0.25, 0.3) is 0 Å². The van der Waals surface area contributed by atoms with Gasteiger partial charge in [0, 0.05) is 18.5 Å². The maximum Gasteiger partial charge on any atom is 0.306 e. The molecule has 4 N–H and O–H groups in total. The van der Waals surface area contributed by atoms with Crippen LogP contribution in [0.1, 0.15) is 58.8 Å². The standard InChI is InChI=1S/C16H30N2O3/c1-11(4-3-5-12(2)17)15(19)18-10-13-6-8-14(9-7-13)16(20)21/h11-14H,3-10,17H2,1-2H3,(H,18,19)(H,20,21). The average molecular weight is 298 g/mol. The van der Waals surface area contributed by atoms with E-state index in [0.29, 0.717) is 12.5 Å². The van der Waals surface area contributed by atoms with Crippen LogP contribution in [-0.2, 0) is 9.59 Å². The van der Waals surface area contributed by atoms with Crippen molar-refractivity contribution in [3.63, 3.8) is 0 Å². The molecule has 1 rings (SSSR count). The van der Waals surface area contributed by atoms with E-state index in [-0.39, 0.29) is 23.8 Å². The van der Waals surface area contributed by atoms with Gasteiger partial charge in [0.05, 0.1) is 5.92 Å². The predicted octanol–water partition coefficient (Wildman–Crippen LogP) is 2.15. The zero-order valence-corrected chi connectivity index (χ0v) is 13.3. The predicted molar refractivity (Wildman–Crippen MR) is 82.8 cm³/mol. The fraction of sp³-hybridized carbons (Fsp3) is 0.875. The molecule has 1 amide bonds. The Bertz CT molecular complexity index is 336. The van der Waals surface area contributed by atoms with Gasteiger partial charge in [0.2, 0.25) is 5.91 Å². The van der Waals surface area contributed by atoms with Gasteiger partial charge in [-0.15, -0.1) is 0 Å². The fourth-order valence-electron chi connectivity index (χ4n) is 2.91. The van der Waals surface area contributed by atoms with Gasteiger partial charge in [0.25, 0.3) is 0 Å². The summed E-state index contributed by atoms with van der Waals surface area (Å²) in [5, 5.41) is 12.0. The van der Waals surface area contributed by atoms with E-state index in [1.54, 1.807) is 0 Å². The highest BCUT2D eigenvalue weighted by molar-refractivity contribution is 5.78. The molecule has 0 aromatic rings. The summed E-state index contributed by atoms with van der Waals surface area (Å²) in [5.74, 6) is -0.297. The van der Waals surface area contributed by atoms with Gasteiger partial charge in [-0.3, -0.25) is 9.59 Å². The molecular formula is C16H30N2O3. The van der Waals surface area contributed by atoms with Crippen molar-refractivity contribution >= 4 is 11.9 Å². The third-order valence-electron chi connectivity index (χ3n) is 4.51. The molecular weight excluding hydrogens is 268 g/mol. The lowest BCUT2D eigenvalue weighted by molar-refractivity contribution is -0.143. The number of aliphatic carboxylic acids is 1. The van der Waals surface area contributed by atoms with E-state index in [1.165, 1.54) is 0 Å². The van der Waals surface area contributed by atoms with Crippen molar-refractivity contribution < 1.29 is 14.7 Å². The second-order valence-electron chi connectivity index (χ2n) is 6.61. The van der Waals surface area contributed by atoms with Gasteiger partial charge in [-0.25, -0.2) is 0 Å². The molecule has 122 valence electrons. The Morgan fingerprint density at radius 1 is 1.19 bits per heavy atom. The van der Waals surface area contributed by atoms with Crippen molar-refractivity contribution in [1.29, 1.82) is 0 Å². The number of carboxylic acid groups (broad SMARTS) is 1. The third-order valence-corrected chi connectivity index (χ3v) is 4.51. The first-order chi connectivity index (χ1) is 9.90. The van der Waals surface area contributed by atoms with E-state index in [4.69, 9.17) is 10.8 Å². The Balaban J connectivity index is 2.17. The molecule has 1 fully saturated rings. The number of carboxylic acids is 1. The Morgan fingerprint density at radius 2 is 1.81 bits per heavy atom. The van der Waals surface area contributed by atoms with Gasteiger partial charge >= 0.3 is 5.97 Å². The number of hydrogen-bond acceptors (Lipinski definition) is 3. The van der Waals surface area contributed by atoms with E-state index in [2.05, 4.69) is 5.32 Å². The number of hydrogen-bond donors (Lipinski definition) is 3. The first-order valence-corrected chi connectivity index (χ1v) is 8.16. The summed E-state index contributed by atoms with van der Waals surface area (Å²) < 4.78 is 0. The molecule has 0 spiro atoms. The van der Waals surface area contributed by atoms with Crippen molar-refractivity contribution in [1.82, 2.24) is 5.32 Å². The summed E-state index contributed by atoms with van der Waals surface area (Å²) in [4.78, 5) is 22.9. The van der Waals surface area contributed by atoms with Crippen LogP contribution in [0.5, 0.6) is 0 Å². The van der Waals surface area contributed by atoms with Gasteiger partial charge in [0.15, 0.2) is 0 Å². The summed E-state index contributed by atoms with van der Waals surface area (Å²) in [5.41, 5.74) is 5.70. The molecule has 0 bridgehead atoms. The molecule has 0 saturated heterocycles. The minimum absolute atomic E-state index is 0.0270. The molecule has 21 heavy (non-hydrogen) atoms. The molecule has 0 aliphatic heterocycles. The first kappa shape index (κ1) is 18.0. The Hall–Kier alpha value is -1.10. The lowest BCUT2D eigenvalue weighted by atomic mass is 9.82. The lowest BCUT2D eigenvalue weighted by Crippen LogP contribution is -2.35. The minimum atomic E-state index is -0.680. The molecule has 0 aromatic carbocycles. The maximum atomic E-state index is 12.0. The molecule has 1 aliphatic carbocycles. The number of amides is 1. The van der Waals surface area contributed by atoms with Gasteiger partial charge in [-0.2, -0.15) is 0 Å². The topological polar surface area (TPSA) is 92.4 Å².